The lowest BCUT2D eigenvalue weighted by Crippen LogP contribution is -2.48. The number of hydrogen-bond acceptors (Lipinski definition) is 4. The van der Waals surface area contributed by atoms with Gasteiger partial charge in [0.25, 0.3) is 0 Å². The number of fused-ring (bicyclic) bond motifs is 4. The number of carboxylic acids is 1. The van der Waals surface area contributed by atoms with E-state index in [2.05, 4.69) is 0 Å². The lowest BCUT2D eigenvalue weighted by Gasteiger charge is -2.35. The Hall–Kier alpha value is -2.08. The zero-order valence-corrected chi connectivity index (χ0v) is 13.1. The fourth-order valence-electron chi connectivity index (χ4n) is 5.07. The van der Waals surface area contributed by atoms with E-state index in [0.717, 1.165) is 17.7 Å². The topological polar surface area (TPSA) is 87.1 Å². The van der Waals surface area contributed by atoms with Crippen LogP contribution in [0.2, 0.25) is 0 Å². The Morgan fingerprint density at radius 2 is 2.00 bits per heavy atom. The molecule has 24 heavy (non-hydrogen) atoms. The third kappa shape index (κ3) is 1.55. The quantitative estimate of drug-likeness (QED) is 0.840. The van der Waals surface area contributed by atoms with Crippen molar-refractivity contribution in [1.29, 1.82) is 0 Å². The van der Waals surface area contributed by atoms with Crippen molar-refractivity contribution in [2.45, 2.75) is 24.9 Å². The van der Waals surface area contributed by atoms with E-state index in [0.29, 0.717) is 13.0 Å². The molecule has 2 saturated carbocycles. The molecule has 5 rings (SSSR count). The van der Waals surface area contributed by atoms with Crippen LogP contribution < -0.4 is 4.74 Å². The van der Waals surface area contributed by atoms with E-state index in [-0.39, 0.29) is 37.0 Å². The lowest BCUT2D eigenvalue weighted by molar-refractivity contribution is -0.153. The van der Waals surface area contributed by atoms with Gasteiger partial charge < -0.3 is 19.8 Å². The highest BCUT2D eigenvalue weighted by Gasteiger charge is 2.73. The van der Waals surface area contributed by atoms with Crippen molar-refractivity contribution in [3.63, 3.8) is 0 Å². The maximum Gasteiger partial charge on any atom is 0.315 e. The van der Waals surface area contributed by atoms with E-state index in [1.807, 2.05) is 24.3 Å². The molecule has 0 radical (unpaired) electrons. The van der Waals surface area contributed by atoms with Gasteiger partial charge in [-0.1, -0.05) is 18.2 Å². The summed E-state index contributed by atoms with van der Waals surface area (Å²) in [6, 6.07) is 7.50. The number of carbonyl (C=O) groups is 2. The Labute approximate surface area is 139 Å². The number of hydrogen-bond donors (Lipinski definition) is 2. The maximum atomic E-state index is 12.9. The number of amides is 1. The molecule has 1 amide bonds. The summed E-state index contributed by atoms with van der Waals surface area (Å²) in [5.41, 5.74) is -0.611. The first-order valence-corrected chi connectivity index (χ1v) is 8.40. The molecule has 3 fully saturated rings. The minimum Gasteiger partial charge on any atom is -0.492 e. The molecule has 2 N–H and O–H groups in total. The number of carboxylic acid groups (broad SMARTS) is 1. The molecular formula is C18H19NO5. The number of benzene rings is 1. The molecule has 1 aromatic carbocycles. The van der Waals surface area contributed by atoms with Gasteiger partial charge in [-0.3, -0.25) is 9.59 Å². The van der Waals surface area contributed by atoms with Crippen molar-refractivity contribution in [1.82, 2.24) is 4.90 Å². The van der Waals surface area contributed by atoms with Crippen molar-refractivity contribution in [3.05, 3.63) is 29.8 Å². The number of aliphatic hydroxyl groups excluding tert-OH is 1. The summed E-state index contributed by atoms with van der Waals surface area (Å²) in [6.45, 7) is 0.688. The van der Waals surface area contributed by atoms with Crippen LogP contribution in [0.15, 0.2) is 24.3 Å². The third-order valence-corrected chi connectivity index (χ3v) is 6.63. The number of para-hydroxylation sites is 1. The van der Waals surface area contributed by atoms with Crippen molar-refractivity contribution >= 4 is 11.9 Å². The average Bonchev–Trinajstić information content (AvgIpc) is 3.01. The normalized spacial score (nSPS) is 41.4. The van der Waals surface area contributed by atoms with Crippen LogP contribution in [0.4, 0.5) is 0 Å². The van der Waals surface area contributed by atoms with E-state index in [4.69, 9.17) is 4.74 Å². The van der Waals surface area contributed by atoms with E-state index in [1.54, 1.807) is 4.90 Å². The summed E-state index contributed by atoms with van der Waals surface area (Å²) < 4.78 is 5.72. The second-order valence-electron chi connectivity index (χ2n) is 7.76. The summed E-state index contributed by atoms with van der Waals surface area (Å²) >= 11 is 0. The highest BCUT2D eigenvalue weighted by molar-refractivity contribution is 5.90. The van der Waals surface area contributed by atoms with Gasteiger partial charge in [0.05, 0.1) is 11.5 Å². The minimum atomic E-state index is -1.08. The third-order valence-electron chi connectivity index (χ3n) is 6.63. The maximum absolute atomic E-state index is 12.9. The summed E-state index contributed by atoms with van der Waals surface area (Å²) in [6.07, 6.45) is 0.892. The molecule has 1 aromatic rings. The highest BCUT2D eigenvalue weighted by Crippen LogP contribution is 2.68. The second-order valence-corrected chi connectivity index (χ2v) is 7.76. The molecule has 2 heterocycles. The van der Waals surface area contributed by atoms with Crippen LogP contribution in [-0.4, -0.2) is 52.8 Å². The Bertz CT molecular complexity index is 764. The number of rotatable bonds is 2. The molecule has 0 bridgehead atoms. The molecule has 6 nitrogen and oxygen atoms in total. The molecule has 126 valence electrons. The summed E-state index contributed by atoms with van der Waals surface area (Å²) in [5.74, 6) is -0.337. The average molecular weight is 329 g/mol. The van der Waals surface area contributed by atoms with Gasteiger partial charge in [-0.25, -0.2) is 0 Å². The molecule has 0 spiro atoms. The van der Waals surface area contributed by atoms with E-state index in [1.165, 1.54) is 0 Å². The van der Waals surface area contributed by atoms with Crippen molar-refractivity contribution in [2.75, 3.05) is 19.7 Å². The van der Waals surface area contributed by atoms with E-state index < -0.39 is 16.8 Å². The first-order valence-electron chi connectivity index (χ1n) is 8.40. The zero-order chi connectivity index (χ0) is 16.7. The first-order chi connectivity index (χ1) is 11.5. The molecule has 4 aliphatic rings. The Morgan fingerprint density at radius 3 is 2.67 bits per heavy atom. The number of nitrogens with zero attached hydrogens (tertiary/aromatic N) is 1. The molecule has 0 aromatic heterocycles. The molecule has 0 unspecified atom stereocenters. The molecule has 1 saturated heterocycles. The van der Waals surface area contributed by atoms with Gasteiger partial charge in [-0.05, 0) is 18.9 Å². The lowest BCUT2D eigenvalue weighted by atomic mass is 9.73. The predicted molar refractivity (Wildman–Crippen MR) is 82.5 cm³/mol. The van der Waals surface area contributed by atoms with Crippen LogP contribution in [0.5, 0.6) is 5.75 Å². The molecule has 6 heteroatoms. The van der Waals surface area contributed by atoms with Gasteiger partial charge in [0, 0.05) is 30.5 Å². The van der Waals surface area contributed by atoms with Crippen LogP contribution in [0, 0.1) is 16.7 Å². The number of carbonyl (C=O) groups excluding carboxylic acids is 1. The van der Waals surface area contributed by atoms with Crippen molar-refractivity contribution < 1.29 is 24.5 Å². The van der Waals surface area contributed by atoms with Crippen LogP contribution >= 0.6 is 0 Å². The van der Waals surface area contributed by atoms with Gasteiger partial charge >= 0.3 is 5.97 Å². The largest absolute Gasteiger partial charge is 0.492 e. The Balaban J connectivity index is 1.49. The number of ether oxygens (including phenoxy) is 1. The van der Waals surface area contributed by atoms with Crippen LogP contribution in [0.3, 0.4) is 0 Å². The summed E-state index contributed by atoms with van der Waals surface area (Å²) in [7, 11) is 0. The van der Waals surface area contributed by atoms with E-state index >= 15 is 0 Å². The Kier molecular flexibility index (Phi) is 2.56. The smallest absolute Gasteiger partial charge is 0.315 e. The molecule has 2 aliphatic heterocycles. The number of aliphatic hydroxyl groups is 1. The molecular weight excluding hydrogens is 310 g/mol. The van der Waals surface area contributed by atoms with Crippen LogP contribution in [0.1, 0.15) is 24.3 Å². The van der Waals surface area contributed by atoms with Crippen molar-refractivity contribution in [3.8, 4) is 5.75 Å². The number of likely N-dealkylation sites (tertiary alicyclic amines) is 1. The predicted octanol–water partition coefficient (Wildman–Crippen LogP) is 0.847. The summed E-state index contributed by atoms with van der Waals surface area (Å²) in [4.78, 5) is 26.7. The zero-order valence-electron chi connectivity index (χ0n) is 13.1. The van der Waals surface area contributed by atoms with Crippen molar-refractivity contribution in [2.24, 2.45) is 16.7 Å². The standard InChI is InChI=1S/C18H19NO5/c20-13-6-17(5-11(13)17)15(21)19-7-12-10-3-1-2-4-14(10)24-9-18(12,8-19)16(22)23/h1-4,11-13,20H,5-9H2,(H,22,23)/t11-,12-,13-,17-,18-/m1/s1. The monoisotopic (exact) mass is 329 g/mol. The molecule has 5 atom stereocenters. The Morgan fingerprint density at radius 1 is 1.21 bits per heavy atom. The fraction of sp³-hybridized carbons (Fsp3) is 0.556. The van der Waals surface area contributed by atoms with Gasteiger partial charge in [0.1, 0.15) is 17.8 Å². The van der Waals surface area contributed by atoms with Crippen LogP contribution in [0.25, 0.3) is 0 Å². The minimum absolute atomic E-state index is 0.0188. The SMILES string of the molecule is O=C(O)[C@]12COc3ccccc3[C@H]1CN(C(=O)[C@]13C[C@@H](O)[C@H]1C3)C2. The van der Waals surface area contributed by atoms with Gasteiger partial charge in [-0.15, -0.1) is 0 Å². The van der Waals surface area contributed by atoms with E-state index in [9.17, 15) is 19.8 Å². The summed E-state index contributed by atoms with van der Waals surface area (Å²) in [5, 5.41) is 19.6. The van der Waals surface area contributed by atoms with Crippen LogP contribution in [-0.2, 0) is 9.59 Å². The van der Waals surface area contributed by atoms with Gasteiger partial charge in [0.15, 0.2) is 0 Å². The van der Waals surface area contributed by atoms with Gasteiger partial charge in [0.2, 0.25) is 5.91 Å². The fourth-order valence-corrected chi connectivity index (χ4v) is 5.07. The second kappa shape index (κ2) is 4.30. The van der Waals surface area contributed by atoms with Gasteiger partial charge in [-0.2, -0.15) is 0 Å². The first kappa shape index (κ1) is 14.3. The molecule has 2 aliphatic carbocycles. The number of aliphatic carboxylic acids is 1. The highest BCUT2D eigenvalue weighted by atomic mass is 16.5.